The Bertz CT molecular complexity index is 1060. The van der Waals surface area contributed by atoms with Crippen molar-refractivity contribution in [2.24, 2.45) is 5.73 Å². The number of ether oxygens (including phenoxy) is 1. The topological polar surface area (TPSA) is 123 Å². The monoisotopic (exact) mass is 459 g/mol. The van der Waals surface area contributed by atoms with Gasteiger partial charge in [-0.05, 0) is 56.5 Å². The molecule has 9 heteroatoms. The number of primary amides is 1. The molecule has 1 atom stereocenters. The summed E-state index contributed by atoms with van der Waals surface area (Å²) in [6.07, 6.45) is 1.51. The fraction of sp³-hybridized carbons (Fsp3) is 0.391. The van der Waals surface area contributed by atoms with Gasteiger partial charge in [0.2, 0.25) is 5.91 Å². The molecule has 2 amide bonds. The van der Waals surface area contributed by atoms with E-state index in [0.717, 1.165) is 11.1 Å². The van der Waals surface area contributed by atoms with Crippen LogP contribution in [-0.4, -0.2) is 44.4 Å². The van der Waals surface area contributed by atoms with Crippen LogP contribution in [0.1, 0.15) is 55.1 Å². The highest BCUT2D eigenvalue weighted by Crippen LogP contribution is 2.31. The molecule has 1 aliphatic rings. The molecule has 0 spiro atoms. The van der Waals surface area contributed by atoms with E-state index in [0.29, 0.717) is 21.8 Å². The van der Waals surface area contributed by atoms with Gasteiger partial charge in [0.05, 0.1) is 17.3 Å². The number of amides is 2. The van der Waals surface area contributed by atoms with Crippen molar-refractivity contribution in [3.63, 3.8) is 0 Å². The van der Waals surface area contributed by atoms with Crippen molar-refractivity contribution < 1.29 is 24.2 Å². The van der Waals surface area contributed by atoms with Crippen LogP contribution >= 0.6 is 11.6 Å². The summed E-state index contributed by atoms with van der Waals surface area (Å²) in [4.78, 5) is 42.8. The van der Waals surface area contributed by atoms with Gasteiger partial charge in [-0.3, -0.25) is 19.4 Å². The molecule has 2 heterocycles. The number of aliphatic hydroxyl groups excluding tert-OH is 1. The Kier molecular flexibility index (Phi) is 6.85. The molecule has 0 aliphatic carbocycles. The molecule has 0 saturated heterocycles. The second-order valence-electron chi connectivity index (χ2n) is 8.67. The summed E-state index contributed by atoms with van der Waals surface area (Å²) in [6.45, 7) is 5.24. The maximum atomic E-state index is 12.9. The van der Waals surface area contributed by atoms with Crippen molar-refractivity contribution in [1.29, 1.82) is 0 Å². The first-order valence-electron chi connectivity index (χ1n) is 10.2. The minimum absolute atomic E-state index is 0.0329. The Hall–Kier alpha value is -2.97. The number of halogens is 1. The van der Waals surface area contributed by atoms with Gasteiger partial charge in [-0.25, -0.2) is 0 Å². The molecule has 32 heavy (non-hydrogen) atoms. The lowest BCUT2D eigenvalue weighted by atomic mass is 10.0. The summed E-state index contributed by atoms with van der Waals surface area (Å²) in [5.74, 6) is -1.45. The average molecular weight is 460 g/mol. The van der Waals surface area contributed by atoms with Gasteiger partial charge in [0.25, 0.3) is 5.91 Å². The molecule has 170 valence electrons. The first-order valence-corrected chi connectivity index (χ1v) is 10.6. The quantitative estimate of drug-likeness (QED) is 0.614. The van der Waals surface area contributed by atoms with Crippen LogP contribution in [0.5, 0.6) is 0 Å². The molecule has 0 radical (unpaired) electrons. The van der Waals surface area contributed by atoms with E-state index in [1.807, 2.05) is 6.07 Å². The summed E-state index contributed by atoms with van der Waals surface area (Å²) < 4.78 is 5.28. The SMILES string of the molecule is CC(C)(C)OC(=O)CCC(C(N)=O)N1Cc2cc(-c3cc(CO)c(Cl)cn3)ccc2C1=O. The second kappa shape index (κ2) is 9.26. The number of aromatic nitrogens is 1. The number of fused-ring (bicyclic) bond motifs is 1. The van der Waals surface area contributed by atoms with Gasteiger partial charge in [0.1, 0.15) is 11.6 Å². The van der Waals surface area contributed by atoms with E-state index < -0.39 is 23.5 Å². The lowest BCUT2D eigenvalue weighted by Gasteiger charge is -2.25. The van der Waals surface area contributed by atoms with E-state index in [-0.39, 0.29) is 31.9 Å². The Balaban J connectivity index is 1.79. The number of hydrogen-bond acceptors (Lipinski definition) is 6. The van der Waals surface area contributed by atoms with Gasteiger partial charge in [-0.15, -0.1) is 0 Å². The van der Waals surface area contributed by atoms with Crippen molar-refractivity contribution in [2.45, 2.75) is 58.4 Å². The molecule has 2 aromatic rings. The number of esters is 1. The molecule has 1 aliphatic heterocycles. The van der Waals surface area contributed by atoms with Gasteiger partial charge in [-0.1, -0.05) is 17.7 Å². The fourth-order valence-corrected chi connectivity index (χ4v) is 3.78. The minimum Gasteiger partial charge on any atom is -0.460 e. The number of pyridine rings is 1. The lowest BCUT2D eigenvalue weighted by molar-refractivity contribution is -0.155. The number of hydrogen-bond donors (Lipinski definition) is 2. The molecular weight excluding hydrogens is 434 g/mol. The van der Waals surface area contributed by atoms with Gasteiger partial charge < -0.3 is 20.5 Å². The van der Waals surface area contributed by atoms with Crippen LogP contribution in [-0.2, 0) is 27.5 Å². The van der Waals surface area contributed by atoms with Gasteiger partial charge in [-0.2, -0.15) is 0 Å². The van der Waals surface area contributed by atoms with E-state index >= 15 is 0 Å². The average Bonchev–Trinajstić information content (AvgIpc) is 3.02. The van der Waals surface area contributed by atoms with E-state index in [2.05, 4.69) is 4.98 Å². The van der Waals surface area contributed by atoms with Gasteiger partial charge in [0.15, 0.2) is 0 Å². The van der Waals surface area contributed by atoms with E-state index in [9.17, 15) is 19.5 Å². The smallest absolute Gasteiger partial charge is 0.306 e. The van der Waals surface area contributed by atoms with E-state index in [1.165, 1.54) is 11.1 Å². The highest BCUT2D eigenvalue weighted by molar-refractivity contribution is 6.31. The second-order valence-corrected chi connectivity index (χ2v) is 9.07. The normalized spacial score (nSPS) is 14.3. The van der Waals surface area contributed by atoms with Crippen LogP contribution in [0.15, 0.2) is 30.5 Å². The molecule has 1 unspecified atom stereocenters. The maximum absolute atomic E-state index is 12.9. The van der Waals surface area contributed by atoms with Crippen LogP contribution in [0.3, 0.4) is 0 Å². The zero-order valence-electron chi connectivity index (χ0n) is 18.2. The van der Waals surface area contributed by atoms with Crippen LogP contribution in [0, 0.1) is 0 Å². The number of carbonyl (C=O) groups is 3. The summed E-state index contributed by atoms with van der Waals surface area (Å²) >= 11 is 6.02. The number of carbonyl (C=O) groups excluding carboxylic acids is 3. The molecule has 3 N–H and O–H groups in total. The molecule has 0 saturated carbocycles. The third-order valence-corrected chi connectivity index (χ3v) is 5.42. The molecule has 1 aromatic heterocycles. The highest BCUT2D eigenvalue weighted by atomic mass is 35.5. The Morgan fingerprint density at radius 2 is 2.03 bits per heavy atom. The van der Waals surface area contributed by atoms with Crippen molar-refractivity contribution in [1.82, 2.24) is 9.88 Å². The zero-order chi connectivity index (χ0) is 23.6. The maximum Gasteiger partial charge on any atom is 0.306 e. The Morgan fingerprint density at radius 3 is 2.66 bits per heavy atom. The number of rotatable bonds is 7. The molecule has 0 fully saturated rings. The van der Waals surface area contributed by atoms with Crippen LogP contribution in [0.2, 0.25) is 5.02 Å². The van der Waals surface area contributed by atoms with E-state index in [4.69, 9.17) is 22.1 Å². The zero-order valence-corrected chi connectivity index (χ0v) is 19.0. The third-order valence-electron chi connectivity index (χ3n) is 5.08. The number of aliphatic hydroxyl groups is 1. The van der Waals surface area contributed by atoms with Crippen LogP contribution in [0.4, 0.5) is 0 Å². The van der Waals surface area contributed by atoms with Gasteiger partial charge in [0, 0.05) is 30.3 Å². The van der Waals surface area contributed by atoms with Crippen LogP contribution in [0.25, 0.3) is 11.3 Å². The van der Waals surface area contributed by atoms with Crippen molar-refractivity contribution in [2.75, 3.05) is 0 Å². The lowest BCUT2D eigenvalue weighted by Crippen LogP contribution is -2.45. The standard InChI is InChI=1S/C23H26ClN3O5/c1-23(2,3)32-20(29)7-6-19(21(25)30)27-11-14-8-13(4-5-16(14)22(27)31)18-9-15(12-28)17(24)10-26-18/h4-5,8-10,19,28H,6-7,11-12H2,1-3H3,(H2,25,30). The van der Waals surface area contributed by atoms with Crippen molar-refractivity contribution >= 4 is 29.4 Å². The molecule has 3 rings (SSSR count). The first-order chi connectivity index (χ1) is 15.0. The summed E-state index contributed by atoms with van der Waals surface area (Å²) in [7, 11) is 0. The van der Waals surface area contributed by atoms with Gasteiger partial charge >= 0.3 is 5.97 Å². The van der Waals surface area contributed by atoms with Crippen molar-refractivity contribution in [3.05, 3.63) is 52.2 Å². The van der Waals surface area contributed by atoms with Crippen LogP contribution < -0.4 is 5.73 Å². The summed E-state index contributed by atoms with van der Waals surface area (Å²) in [5.41, 5.74) is 8.00. The molecule has 8 nitrogen and oxygen atoms in total. The minimum atomic E-state index is -0.930. The Morgan fingerprint density at radius 1 is 1.31 bits per heavy atom. The fourth-order valence-electron chi connectivity index (χ4n) is 3.61. The number of nitrogens with zero attached hydrogens (tertiary/aromatic N) is 2. The number of benzene rings is 1. The largest absolute Gasteiger partial charge is 0.460 e. The molecule has 0 bridgehead atoms. The molecular formula is C23H26ClN3O5. The summed E-state index contributed by atoms with van der Waals surface area (Å²) in [5, 5.41) is 9.81. The predicted octanol–water partition coefficient (Wildman–Crippen LogP) is 2.83. The first kappa shape index (κ1) is 23.7. The predicted molar refractivity (Wildman–Crippen MR) is 119 cm³/mol. The summed E-state index contributed by atoms with van der Waals surface area (Å²) in [6, 6.07) is 5.99. The highest BCUT2D eigenvalue weighted by Gasteiger charge is 2.36. The Labute approximate surface area is 191 Å². The number of nitrogens with two attached hydrogens (primary N) is 1. The third kappa shape index (κ3) is 5.26. The van der Waals surface area contributed by atoms with Crippen molar-refractivity contribution in [3.8, 4) is 11.3 Å². The van der Waals surface area contributed by atoms with E-state index in [1.54, 1.807) is 39.0 Å². The molecule has 1 aromatic carbocycles.